The highest BCUT2D eigenvalue weighted by atomic mass is 16.1. The number of nitrogens with one attached hydrogen (secondary N) is 2. The molecule has 0 aliphatic heterocycles. The lowest BCUT2D eigenvalue weighted by atomic mass is 10.1. The summed E-state index contributed by atoms with van der Waals surface area (Å²) in [6, 6.07) is 2.15. The van der Waals surface area contributed by atoms with E-state index in [4.69, 9.17) is 5.26 Å². The van der Waals surface area contributed by atoms with Gasteiger partial charge in [-0.15, -0.1) is 0 Å². The molecule has 0 heterocycles. The SMILES string of the molecule is CCC(C)N/C=C(/C#N)C(=O)NC(C)(C)C. The van der Waals surface area contributed by atoms with E-state index in [1.807, 2.05) is 40.7 Å². The summed E-state index contributed by atoms with van der Waals surface area (Å²) in [5.41, 5.74) is -0.223. The second-order valence-electron chi connectivity index (χ2n) is 4.85. The minimum Gasteiger partial charge on any atom is -0.387 e. The van der Waals surface area contributed by atoms with Gasteiger partial charge in [-0.05, 0) is 34.1 Å². The van der Waals surface area contributed by atoms with Crippen molar-refractivity contribution in [3.63, 3.8) is 0 Å². The van der Waals surface area contributed by atoms with Crippen molar-refractivity contribution in [2.24, 2.45) is 0 Å². The molecule has 4 nitrogen and oxygen atoms in total. The molecule has 0 saturated heterocycles. The molecule has 90 valence electrons. The summed E-state index contributed by atoms with van der Waals surface area (Å²) in [5.74, 6) is -0.342. The van der Waals surface area contributed by atoms with Gasteiger partial charge in [-0.25, -0.2) is 0 Å². The summed E-state index contributed by atoms with van der Waals surface area (Å²) in [5, 5.41) is 14.6. The molecular formula is C12H21N3O. The van der Waals surface area contributed by atoms with E-state index in [2.05, 4.69) is 10.6 Å². The van der Waals surface area contributed by atoms with Gasteiger partial charge < -0.3 is 10.6 Å². The Morgan fingerprint density at radius 2 is 2.06 bits per heavy atom. The second-order valence-corrected chi connectivity index (χ2v) is 4.85. The first kappa shape index (κ1) is 14.5. The first-order valence-electron chi connectivity index (χ1n) is 5.49. The Labute approximate surface area is 97.7 Å². The lowest BCUT2D eigenvalue weighted by Crippen LogP contribution is -2.41. The Kier molecular flexibility index (Phi) is 5.59. The standard InChI is InChI=1S/C12H21N3O/c1-6-9(2)14-8-10(7-13)11(16)15-12(3,4)5/h8-9,14H,6H2,1-5H3,(H,15,16)/b10-8-. The van der Waals surface area contributed by atoms with E-state index in [1.165, 1.54) is 6.20 Å². The summed E-state index contributed by atoms with van der Waals surface area (Å²) < 4.78 is 0. The highest BCUT2D eigenvalue weighted by molar-refractivity contribution is 5.97. The average Bonchev–Trinajstić information content (AvgIpc) is 2.15. The fourth-order valence-electron chi connectivity index (χ4n) is 0.900. The second kappa shape index (κ2) is 6.16. The van der Waals surface area contributed by atoms with Crippen LogP contribution < -0.4 is 10.6 Å². The predicted octanol–water partition coefficient (Wildman–Crippen LogP) is 1.70. The molecule has 0 spiro atoms. The van der Waals surface area contributed by atoms with Crippen molar-refractivity contribution in [1.29, 1.82) is 5.26 Å². The highest BCUT2D eigenvalue weighted by Crippen LogP contribution is 2.02. The number of nitrogens with zero attached hydrogens (tertiary/aromatic N) is 1. The summed E-state index contributed by atoms with van der Waals surface area (Å²) in [4.78, 5) is 11.6. The van der Waals surface area contributed by atoms with Crippen LogP contribution in [0.5, 0.6) is 0 Å². The molecule has 0 fully saturated rings. The van der Waals surface area contributed by atoms with Gasteiger partial charge in [0.1, 0.15) is 11.6 Å². The summed E-state index contributed by atoms with van der Waals surface area (Å²) >= 11 is 0. The van der Waals surface area contributed by atoms with Crippen molar-refractivity contribution in [1.82, 2.24) is 10.6 Å². The van der Waals surface area contributed by atoms with Gasteiger partial charge in [0.15, 0.2) is 0 Å². The third-order valence-corrected chi connectivity index (χ3v) is 1.98. The smallest absolute Gasteiger partial charge is 0.263 e. The number of hydrogen-bond acceptors (Lipinski definition) is 3. The summed E-state index contributed by atoms with van der Waals surface area (Å²) in [6.07, 6.45) is 2.42. The van der Waals surface area contributed by atoms with E-state index < -0.39 is 0 Å². The maximum atomic E-state index is 11.6. The summed E-state index contributed by atoms with van der Waals surface area (Å²) in [6.45, 7) is 9.66. The van der Waals surface area contributed by atoms with E-state index in [0.717, 1.165) is 6.42 Å². The minimum atomic E-state index is -0.342. The Hall–Kier alpha value is -1.50. The molecule has 16 heavy (non-hydrogen) atoms. The van der Waals surface area contributed by atoms with Gasteiger partial charge in [-0.1, -0.05) is 6.92 Å². The Morgan fingerprint density at radius 3 is 2.44 bits per heavy atom. The largest absolute Gasteiger partial charge is 0.387 e. The summed E-state index contributed by atoms with van der Waals surface area (Å²) in [7, 11) is 0. The fraction of sp³-hybridized carbons (Fsp3) is 0.667. The Morgan fingerprint density at radius 1 is 1.50 bits per heavy atom. The molecular weight excluding hydrogens is 202 g/mol. The molecule has 2 N–H and O–H groups in total. The molecule has 1 amide bonds. The van der Waals surface area contributed by atoms with Crippen molar-refractivity contribution in [3.05, 3.63) is 11.8 Å². The van der Waals surface area contributed by atoms with Gasteiger partial charge in [-0.3, -0.25) is 4.79 Å². The Bertz CT molecular complexity index is 307. The van der Waals surface area contributed by atoms with Crippen molar-refractivity contribution in [3.8, 4) is 6.07 Å². The van der Waals surface area contributed by atoms with Crippen LogP contribution in [0.25, 0.3) is 0 Å². The predicted molar refractivity (Wildman–Crippen MR) is 64.5 cm³/mol. The average molecular weight is 223 g/mol. The topological polar surface area (TPSA) is 64.9 Å². The third kappa shape index (κ3) is 6.07. The first-order chi connectivity index (χ1) is 7.30. The van der Waals surface area contributed by atoms with Crippen molar-refractivity contribution < 1.29 is 4.79 Å². The first-order valence-corrected chi connectivity index (χ1v) is 5.49. The van der Waals surface area contributed by atoms with E-state index in [-0.39, 0.29) is 23.1 Å². The number of carbonyl (C=O) groups excluding carboxylic acids is 1. The van der Waals surface area contributed by atoms with Crippen molar-refractivity contribution in [2.75, 3.05) is 0 Å². The van der Waals surface area contributed by atoms with Crippen LogP contribution in [-0.2, 0) is 4.79 Å². The molecule has 1 atom stereocenters. The van der Waals surface area contributed by atoms with Crippen LogP contribution in [0.1, 0.15) is 41.0 Å². The van der Waals surface area contributed by atoms with Crippen molar-refractivity contribution in [2.45, 2.75) is 52.6 Å². The lowest BCUT2D eigenvalue weighted by molar-refractivity contribution is -0.118. The monoisotopic (exact) mass is 223 g/mol. The number of carbonyl (C=O) groups is 1. The van der Waals surface area contributed by atoms with Crippen molar-refractivity contribution >= 4 is 5.91 Å². The van der Waals surface area contributed by atoms with Gasteiger partial charge in [0.05, 0.1) is 0 Å². The van der Waals surface area contributed by atoms with E-state index in [0.29, 0.717) is 0 Å². The van der Waals surface area contributed by atoms with Gasteiger partial charge in [0.25, 0.3) is 5.91 Å². The van der Waals surface area contributed by atoms with E-state index in [9.17, 15) is 4.79 Å². The van der Waals surface area contributed by atoms with Gasteiger partial charge in [-0.2, -0.15) is 5.26 Å². The molecule has 0 saturated carbocycles. The van der Waals surface area contributed by atoms with E-state index in [1.54, 1.807) is 0 Å². The quantitative estimate of drug-likeness (QED) is 0.563. The van der Waals surface area contributed by atoms with Gasteiger partial charge >= 0.3 is 0 Å². The zero-order valence-corrected chi connectivity index (χ0v) is 10.7. The molecule has 0 aromatic carbocycles. The maximum absolute atomic E-state index is 11.6. The van der Waals surface area contributed by atoms with Crippen LogP contribution >= 0.6 is 0 Å². The maximum Gasteiger partial charge on any atom is 0.263 e. The highest BCUT2D eigenvalue weighted by Gasteiger charge is 2.17. The third-order valence-electron chi connectivity index (χ3n) is 1.98. The van der Waals surface area contributed by atoms with Crippen LogP contribution in [-0.4, -0.2) is 17.5 Å². The molecule has 0 aromatic rings. The van der Waals surface area contributed by atoms with Crippen LogP contribution in [0.2, 0.25) is 0 Å². The zero-order valence-electron chi connectivity index (χ0n) is 10.7. The van der Waals surface area contributed by atoms with Crippen LogP contribution in [0.3, 0.4) is 0 Å². The van der Waals surface area contributed by atoms with Crippen LogP contribution in [0.4, 0.5) is 0 Å². The Balaban J connectivity index is 4.51. The molecule has 4 heteroatoms. The number of hydrogen-bond donors (Lipinski definition) is 2. The zero-order chi connectivity index (χ0) is 12.8. The minimum absolute atomic E-state index is 0.107. The molecule has 0 rings (SSSR count). The molecule has 1 unspecified atom stereocenters. The normalized spacial score (nSPS) is 13.9. The molecule has 0 aliphatic rings. The molecule has 0 aromatic heterocycles. The molecule has 0 aliphatic carbocycles. The number of amides is 1. The molecule has 0 radical (unpaired) electrons. The molecule has 0 bridgehead atoms. The number of nitriles is 1. The van der Waals surface area contributed by atoms with E-state index >= 15 is 0 Å². The fourth-order valence-corrected chi connectivity index (χ4v) is 0.900. The van der Waals surface area contributed by atoms with Crippen LogP contribution in [0, 0.1) is 11.3 Å². The lowest BCUT2D eigenvalue weighted by Gasteiger charge is -2.20. The van der Waals surface area contributed by atoms with Crippen LogP contribution in [0.15, 0.2) is 11.8 Å². The number of rotatable bonds is 4. The van der Waals surface area contributed by atoms with Gasteiger partial charge in [0.2, 0.25) is 0 Å². The van der Waals surface area contributed by atoms with Gasteiger partial charge in [0, 0.05) is 17.8 Å².